The topological polar surface area (TPSA) is 72.9 Å². The molecule has 1 atom stereocenters. The SMILES string of the molecule is CN(C)C(=O)Nc1ccc(C(C(=O)O)N2CCSCC2)cc1. The highest BCUT2D eigenvalue weighted by Gasteiger charge is 2.28. The number of carbonyl (C=O) groups is 2. The third-order valence-corrected chi connectivity index (χ3v) is 4.47. The van der Waals surface area contributed by atoms with Crippen molar-refractivity contribution < 1.29 is 14.7 Å². The summed E-state index contributed by atoms with van der Waals surface area (Å²) < 4.78 is 0. The van der Waals surface area contributed by atoms with Gasteiger partial charge in [-0.2, -0.15) is 11.8 Å². The van der Waals surface area contributed by atoms with Gasteiger partial charge in [0.2, 0.25) is 0 Å². The van der Waals surface area contributed by atoms with E-state index in [4.69, 9.17) is 0 Å². The summed E-state index contributed by atoms with van der Waals surface area (Å²) in [5, 5.41) is 12.3. The first-order valence-corrected chi connectivity index (χ1v) is 8.27. The number of nitrogens with one attached hydrogen (secondary N) is 1. The molecule has 1 saturated heterocycles. The molecule has 1 aliphatic heterocycles. The van der Waals surface area contributed by atoms with Crippen molar-refractivity contribution >= 4 is 29.4 Å². The van der Waals surface area contributed by atoms with Gasteiger partial charge in [-0.15, -0.1) is 0 Å². The van der Waals surface area contributed by atoms with Crippen LogP contribution in [0.4, 0.5) is 10.5 Å². The molecular weight excluding hydrogens is 302 g/mol. The molecule has 1 aromatic carbocycles. The molecule has 2 N–H and O–H groups in total. The van der Waals surface area contributed by atoms with Gasteiger partial charge in [-0.05, 0) is 17.7 Å². The van der Waals surface area contributed by atoms with Gasteiger partial charge >= 0.3 is 12.0 Å². The molecule has 1 aliphatic rings. The largest absolute Gasteiger partial charge is 0.480 e. The molecule has 2 amide bonds. The maximum atomic E-state index is 11.6. The van der Waals surface area contributed by atoms with Crippen LogP contribution in [0.2, 0.25) is 0 Å². The molecule has 0 radical (unpaired) electrons. The number of aliphatic carboxylic acids is 1. The van der Waals surface area contributed by atoms with Crippen molar-refractivity contribution in [2.75, 3.05) is 44.0 Å². The number of anilines is 1. The second kappa shape index (κ2) is 7.51. The van der Waals surface area contributed by atoms with Crippen LogP contribution in [0.25, 0.3) is 0 Å². The molecule has 0 spiro atoms. The summed E-state index contributed by atoms with van der Waals surface area (Å²) in [5.74, 6) is 1.08. The van der Waals surface area contributed by atoms with E-state index >= 15 is 0 Å². The van der Waals surface area contributed by atoms with Crippen LogP contribution >= 0.6 is 11.8 Å². The van der Waals surface area contributed by atoms with E-state index < -0.39 is 12.0 Å². The maximum Gasteiger partial charge on any atom is 0.325 e. The minimum atomic E-state index is -0.836. The number of hydrogen-bond acceptors (Lipinski definition) is 4. The molecular formula is C15H21N3O3S. The van der Waals surface area contributed by atoms with E-state index in [1.165, 1.54) is 4.90 Å². The van der Waals surface area contributed by atoms with E-state index in [1.807, 2.05) is 16.7 Å². The molecule has 1 aromatic rings. The fraction of sp³-hybridized carbons (Fsp3) is 0.467. The van der Waals surface area contributed by atoms with Gasteiger partial charge in [0, 0.05) is 44.4 Å². The number of amides is 2. The van der Waals surface area contributed by atoms with E-state index in [0.717, 1.165) is 30.2 Å². The first-order chi connectivity index (χ1) is 10.5. The van der Waals surface area contributed by atoms with Crippen molar-refractivity contribution in [2.24, 2.45) is 0 Å². The molecule has 1 heterocycles. The van der Waals surface area contributed by atoms with E-state index in [9.17, 15) is 14.7 Å². The van der Waals surface area contributed by atoms with Crippen LogP contribution in [0.15, 0.2) is 24.3 Å². The molecule has 0 aliphatic carbocycles. The Labute approximate surface area is 134 Å². The van der Waals surface area contributed by atoms with Gasteiger partial charge in [-0.1, -0.05) is 12.1 Å². The third kappa shape index (κ3) is 4.14. The van der Waals surface area contributed by atoms with Crippen LogP contribution < -0.4 is 5.32 Å². The van der Waals surface area contributed by atoms with Crippen molar-refractivity contribution in [3.8, 4) is 0 Å². The fourth-order valence-corrected chi connectivity index (χ4v) is 3.26. The number of carboxylic acids is 1. The van der Waals surface area contributed by atoms with Crippen LogP contribution in [-0.4, -0.2) is 65.6 Å². The number of thioether (sulfide) groups is 1. The molecule has 0 saturated carbocycles. The summed E-state index contributed by atoms with van der Waals surface area (Å²) in [6.07, 6.45) is 0. The van der Waals surface area contributed by atoms with Crippen LogP contribution in [0.3, 0.4) is 0 Å². The number of carboxylic acid groups (broad SMARTS) is 1. The summed E-state index contributed by atoms with van der Waals surface area (Å²) in [5.41, 5.74) is 1.39. The van der Waals surface area contributed by atoms with Crippen molar-refractivity contribution in [2.45, 2.75) is 6.04 Å². The number of rotatable bonds is 4. The summed E-state index contributed by atoms with van der Waals surface area (Å²) in [7, 11) is 3.33. The van der Waals surface area contributed by atoms with Crippen molar-refractivity contribution in [3.05, 3.63) is 29.8 Å². The summed E-state index contributed by atoms with van der Waals surface area (Å²) in [6, 6.07) is 6.18. The predicted octanol–water partition coefficient (Wildman–Crippen LogP) is 1.95. The zero-order chi connectivity index (χ0) is 16.1. The lowest BCUT2D eigenvalue weighted by Gasteiger charge is -2.32. The van der Waals surface area contributed by atoms with Crippen LogP contribution in [0, 0.1) is 0 Å². The Morgan fingerprint density at radius 2 is 1.82 bits per heavy atom. The van der Waals surface area contributed by atoms with Gasteiger partial charge in [-0.25, -0.2) is 4.79 Å². The number of carbonyl (C=O) groups excluding carboxylic acids is 1. The standard InChI is InChI=1S/C15H21N3O3S/c1-17(2)15(21)16-12-5-3-11(4-6-12)13(14(19)20)18-7-9-22-10-8-18/h3-6,13H,7-10H2,1-2H3,(H,16,21)(H,19,20). The number of benzene rings is 1. The first-order valence-electron chi connectivity index (χ1n) is 7.12. The van der Waals surface area contributed by atoms with Crippen LogP contribution in [0.5, 0.6) is 0 Å². The van der Waals surface area contributed by atoms with Crippen molar-refractivity contribution in [1.82, 2.24) is 9.80 Å². The fourth-order valence-electron chi connectivity index (χ4n) is 2.33. The molecule has 1 unspecified atom stereocenters. The van der Waals surface area contributed by atoms with Crippen molar-refractivity contribution in [1.29, 1.82) is 0 Å². The van der Waals surface area contributed by atoms with E-state index in [-0.39, 0.29) is 6.03 Å². The van der Waals surface area contributed by atoms with E-state index in [2.05, 4.69) is 5.32 Å². The molecule has 6 nitrogen and oxygen atoms in total. The quantitative estimate of drug-likeness (QED) is 0.886. The average Bonchev–Trinajstić information content (AvgIpc) is 2.50. The van der Waals surface area contributed by atoms with Gasteiger partial charge in [0.05, 0.1) is 0 Å². The highest BCUT2D eigenvalue weighted by molar-refractivity contribution is 7.99. The smallest absolute Gasteiger partial charge is 0.325 e. The van der Waals surface area contributed by atoms with Gasteiger partial charge < -0.3 is 15.3 Å². The van der Waals surface area contributed by atoms with Crippen LogP contribution in [-0.2, 0) is 4.79 Å². The Hall–Kier alpha value is -1.73. The molecule has 0 aromatic heterocycles. The highest BCUT2D eigenvalue weighted by Crippen LogP contribution is 2.25. The number of urea groups is 1. The van der Waals surface area contributed by atoms with Gasteiger partial charge in [0.15, 0.2) is 0 Å². The molecule has 120 valence electrons. The van der Waals surface area contributed by atoms with E-state index in [1.54, 1.807) is 38.4 Å². The monoisotopic (exact) mass is 323 g/mol. The molecule has 22 heavy (non-hydrogen) atoms. The van der Waals surface area contributed by atoms with E-state index in [0.29, 0.717) is 5.69 Å². The zero-order valence-corrected chi connectivity index (χ0v) is 13.6. The normalized spacial score (nSPS) is 16.8. The highest BCUT2D eigenvalue weighted by atomic mass is 32.2. The Morgan fingerprint density at radius 3 is 2.32 bits per heavy atom. The lowest BCUT2D eigenvalue weighted by atomic mass is 10.0. The third-order valence-electron chi connectivity index (χ3n) is 3.53. The Kier molecular flexibility index (Phi) is 5.68. The molecule has 2 rings (SSSR count). The Morgan fingerprint density at radius 1 is 1.23 bits per heavy atom. The predicted molar refractivity (Wildman–Crippen MR) is 88.4 cm³/mol. The zero-order valence-electron chi connectivity index (χ0n) is 12.8. The summed E-state index contributed by atoms with van der Waals surface area (Å²) in [6.45, 7) is 1.56. The lowest BCUT2D eigenvalue weighted by molar-refractivity contribution is -0.143. The first kappa shape index (κ1) is 16.6. The second-order valence-corrected chi connectivity index (χ2v) is 6.56. The van der Waals surface area contributed by atoms with Gasteiger partial charge in [0.1, 0.15) is 6.04 Å². The summed E-state index contributed by atoms with van der Waals surface area (Å²) in [4.78, 5) is 26.7. The minimum Gasteiger partial charge on any atom is -0.480 e. The number of nitrogens with zero attached hydrogens (tertiary/aromatic N) is 2. The molecule has 7 heteroatoms. The minimum absolute atomic E-state index is 0.212. The van der Waals surface area contributed by atoms with Gasteiger partial charge in [-0.3, -0.25) is 9.69 Å². The Bertz CT molecular complexity index is 527. The summed E-state index contributed by atoms with van der Waals surface area (Å²) >= 11 is 1.85. The lowest BCUT2D eigenvalue weighted by Crippen LogP contribution is -2.39. The van der Waals surface area contributed by atoms with Crippen molar-refractivity contribution in [3.63, 3.8) is 0 Å². The molecule has 0 bridgehead atoms. The second-order valence-electron chi connectivity index (χ2n) is 5.34. The average molecular weight is 323 g/mol. The van der Waals surface area contributed by atoms with Crippen LogP contribution in [0.1, 0.15) is 11.6 Å². The number of hydrogen-bond donors (Lipinski definition) is 2. The molecule has 1 fully saturated rings. The maximum absolute atomic E-state index is 11.6. The Balaban J connectivity index is 2.12. The van der Waals surface area contributed by atoms with Gasteiger partial charge in [0.25, 0.3) is 0 Å².